The van der Waals surface area contributed by atoms with Gasteiger partial charge in [0.05, 0.1) is 23.2 Å². The van der Waals surface area contributed by atoms with Gasteiger partial charge in [-0.1, -0.05) is 101 Å². The molecule has 0 N–H and O–H groups in total. The summed E-state index contributed by atoms with van der Waals surface area (Å²) in [6.07, 6.45) is 0. The van der Waals surface area contributed by atoms with Crippen LogP contribution in [0.15, 0.2) is 98.5 Å². The lowest BCUT2D eigenvalue weighted by molar-refractivity contribution is -0.121. The first-order valence-electron chi connectivity index (χ1n) is 15.0. The Bertz CT molecular complexity index is 2380. The van der Waals surface area contributed by atoms with E-state index in [1.807, 2.05) is 62.4 Å². The van der Waals surface area contributed by atoms with E-state index in [0.29, 0.717) is 36.8 Å². The molecule has 48 heavy (non-hydrogen) atoms. The second-order valence-corrected chi connectivity index (χ2v) is 14.7. The first kappa shape index (κ1) is 30.8. The minimum atomic E-state index is -1.87. The fourth-order valence-electron chi connectivity index (χ4n) is 6.47. The largest absolute Gasteiger partial charge is 0.450 e. The van der Waals surface area contributed by atoms with Gasteiger partial charge in [-0.3, -0.25) is 19.3 Å². The summed E-state index contributed by atoms with van der Waals surface area (Å²) in [5.41, 5.74) is 2.57. The number of nitrogens with zero attached hydrogens (tertiary/aromatic N) is 4. The van der Waals surface area contributed by atoms with Gasteiger partial charge in [0, 0.05) is 21.4 Å². The number of fused-ring (bicyclic) bond motifs is 5. The van der Waals surface area contributed by atoms with Crippen LogP contribution >= 0.6 is 46.3 Å². The van der Waals surface area contributed by atoms with Crippen LogP contribution < -0.4 is 15.2 Å². The van der Waals surface area contributed by atoms with E-state index in [2.05, 4.69) is 10.2 Å². The van der Waals surface area contributed by atoms with E-state index in [1.165, 1.54) is 16.7 Å². The Balaban J connectivity index is 1.32. The third-order valence-corrected chi connectivity index (χ3v) is 11.6. The molecule has 0 saturated carbocycles. The van der Waals surface area contributed by atoms with Crippen LogP contribution in [0.4, 0.5) is 10.8 Å². The highest BCUT2D eigenvalue weighted by molar-refractivity contribution is 8.00. The standard InChI is InChI=1S/C36H24Cl2N4O4S2/c1-19-14-24-28(15-20(19)2)46-31-29(30(24)43)36(25-10-6-7-11-27(25)41(33(36)45)17-21-8-4-3-5-9-21)42(32(31)44)34-39-40-35(48-34)47-18-22-12-13-23(37)16-26(22)38/h3-16H,17-18H2,1-2H3. The van der Waals surface area contributed by atoms with Crippen LogP contribution in [-0.2, 0) is 22.6 Å². The predicted molar refractivity (Wildman–Crippen MR) is 190 cm³/mol. The zero-order valence-electron chi connectivity index (χ0n) is 25.5. The van der Waals surface area contributed by atoms with Crippen LogP contribution in [0.1, 0.15) is 43.9 Å². The molecule has 0 bridgehead atoms. The van der Waals surface area contributed by atoms with Crippen LogP contribution in [-0.4, -0.2) is 22.0 Å². The molecule has 1 atom stereocenters. The number of halogens is 2. The van der Waals surface area contributed by atoms with Gasteiger partial charge in [-0.2, -0.15) is 0 Å². The van der Waals surface area contributed by atoms with Gasteiger partial charge in [-0.05, 0) is 66.4 Å². The third-order valence-electron chi connectivity index (χ3n) is 8.88. The van der Waals surface area contributed by atoms with Crippen LogP contribution in [0.2, 0.25) is 10.0 Å². The Kier molecular flexibility index (Phi) is 7.44. The molecule has 2 aliphatic rings. The van der Waals surface area contributed by atoms with E-state index in [1.54, 1.807) is 41.3 Å². The summed E-state index contributed by atoms with van der Waals surface area (Å²) >= 11 is 15.0. The Hall–Kier alpha value is -4.48. The van der Waals surface area contributed by atoms with Gasteiger partial charge in [0.15, 0.2) is 15.3 Å². The van der Waals surface area contributed by atoms with Crippen molar-refractivity contribution in [2.75, 3.05) is 9.80 Å². The number of aromatic nitrogens is 2. The summed E-state index contributed by atoms with van der Waals surface area (Å²) in [6, 6.07) is 25.6. The van der Waals surface area contributed by atoms with E-state index in [4.69, 9.17) is 27.6 Å². The molecule has 12 heteroatoms. The maximum Gasteiger partial charge on any atom is 0.297 e. The van der Waals surface area contributed by atoms with Crippen LogP contribution in [0, 0.1) is 13.8 Å². The molecule has 8 rings (SSSR count). The van der Waals surface area contributed by atoms with E-state index >= 15 is 4.79 Å². The van der Waals surface area contributed by atoms with Crippen LogP contribution in [0.5, 0.6) is 0 Å². The lowest BCUT2D eigenvalue weighted by Gasteiger charge is -2.32. The zero-order chi connectivity index (χ0) is 33.3. The molecule has 2 aliphatic heterocycles. The summed E-state index contributed by atoms with van der Waals surface area (Å²) in [7, 11) is 0. The minimum absolute atomic E-state index is 0.0198. The van der Waals surface area contributed by atoms with Crippen molar-refractivity contribution in [1.29, 1.82) is 0 Å². The highest BCUT2D eigenvalue weighted by atomic mass is 35.5. The maximum absolute atomic E-state index is 15.2. The van der Waals surface area contributed by atoms with Crippen LogP contribution in [0.3, 0.4) is 0 Å². The third kappa shape index (κ3) is 4.62. The molecular weight excluding hydrogens is 687 g/mol. The Morgan fingerprint density at radius 2 is 1.65 bits per heavy atom. The van der Waals surface area contributed by atoms with E-state index < -0.39 is 22.8 Å². The van der Waals surface area contributed by atoms with Gasteiger partial charge in [-0.25, -0.2) is 0 Å². The van der Waals surface area contributed by atoms with Gasteiger partial charge in [0.2, 0.25) is 10.9 Å². The molecule has 6 aromatic rings. The number of benzene rings is 4. The number of thioether (sulfide) groups is 1. The smallest absolute Gasteiger partial charge is 0.297 e. The SMILES string of the molecule is Cc1cc2oc3c(c(=O)c2cc1C)C1(C(=O)N(Cc2ccccc2)c2ccccc21)N(c1nnc(SCc2ccc(Cl)cc2Cl)s1)C3=O. The number of carbonyl (C=O) groups is 2. The maximum atomic E-state index is 15.2. The summed E-state index contributed by atoms with van der Waals surface area (Å²) in [5.74, 6) is -0.800. The number of amides is 2. The molecular formula is C36H24Cl2N4O4S2. The fraction of sp³-hybridized carbons (Fsp3) is 0.139. The summed E-state index contributed by atoms with van der Waals surface area (Å²) in [4.78, 5) is 47.3. The molecule has 1 spiro atoms. The number of anilines is 2. The molecule has 8 nitrogen and oxygen atoms in total. The lowest BCUT2D eigenvalue weighted by atomic mass is 9.84. The second-order valence-electron chi connectivity index (χ2n) is 11.7. The summed E-state index contributed by atoms with van der Waals surface area (Å²) < 4.78 is 6.83. The van der Waals surface area contributed by atoms with Crippen molar-refractivity contribution in [3.8, 4) is 0 Å². The van der Waals surface area contributed by atoms with Gasteiger partial charge in [-0.15, -0.1) is 10.2 Å². The van der Waals surface area contributed by atoms with Crippen molar-refractivity contribution in [1.82, 2.24) is 10.2 Å². The average molecular weight is 712 g/mol. The lowest BCUT2D eigenvalue weighted by Crippen LogP contribution is -2.53. The molecule has 4 aromatic carbocycles. The van der Waals surface area contributed by atoms with E-state index in [9.17, 15) is 9.59 Å². The number of rotatable bonds is 6. The number of hydrogen-bond donors (Lipinski definition) is 0. The normalized spacial score (nSPS) is 16.8. The number of para-hydroxylation sites is 1. The summed E-state index contributed by atoms with van der Waals surface area (Å²) in [6.45, 7) is 4.05. The first-order valence-corrected chi connectivity index (χ1v) is 17.5. The average Bonchev–Trinajstić information content (AvgIpc) is 3.71. The predicted octanol–water partition coefficient (Wildman–Crippen LogP) is 8.31. The second kappa shape index (κ2) is 11.6. The monoisotopic (exact) mass is 710 g/mol. The Labute approximate surface area is 292 Å². The zero-order valence-corrected chi connectivity index (χ0v) is 28.6. The molecule has 1 unspecified atom stereocenters. The van der Waals surface area contributed by atoms with E-state index in [0.717, 1.165) is 33.6 Å². The first-order chi connectivity index (χ1) is 23.2. The number of hydrogen-bond acceptors (Lipinski definition) is 8. The molecule has 0 fully saturated rings. The Morgan fingerprint density at radius 3 is 2.44 bits per heavy atom. The highest BCUT2D eigenvalue weighted by Gasteiger charge is 2.66. The fourth-order valence-corrected chi connectivity index (χ4v) is 8.92. The van der Waals surface area contributed by atoms with Crippen molar-refractivity contribution >= 4 is 79.9 Å². The molecule has 0 saturated heterocycles. The quantitative estimate of drug-likeness (QED) is 0.127. The topological polar surface area (TPSA) is 96.6 Å². The number of aryl methyl sites for hydroxylation is 2. The van der Waals surface area contributed by atoms with Crippen LogP contribution in [0.25, 0.3) is 11.0 Å². The molecule has 0 aliphatic carbocycles. The molecule has 238 valence electrons. The summed E-state index contributed by atoms with van der Waals surface area (Å²) in [5, 5.41) is 10.3. The van der Waals surface area contributed by atoms with Gasteiger partial charge in [0.25, 0.3) is 11.8 Å². The van der Waals surface area contributed by atoms with Crippen molar-refractivity contribution in [3.05, 3.63) is 144 Å². The van der Waals surface area contributed by atoms with Crippen molar-refractivity contribution in [2.24, 2.45) is 0 Å². The molecule has 2 amide bonds. The van der Waals surface area contributed by atoms with Crippen molar-refractivity contribution < 1.29 is 14.0 Å². The molecule has 0 radical (unpaired) electrons. The van der Waals surface area contributed by atoms with E-state index in [-0.39, 0.29) is 28.6 Å². The number of carbonyl (C=O) groups excluding carboxylic acids is 2. The van der Waals surface area contributed by atoms with Gasteiger partial charge >= 0.3 is 0 Å². The minimum Gasteiger partial charge on any atom is -0.450 e. The van der Waals surface area contributed by atoms with Crippen molar-refractivity contribution in [3.63, 3.8) is 0 Å². The van der Waals surface area contributed by atoms with Gasteiger partial charge in [0.1, 0.15) is 5.58 Å². The Morgan fingerprint density at radius 1 is 0.896 bits per heavy atom. The highest BCUT2D eigenvalue weighted by Crippen LogP contribution is 2.55. The molecule has 2 aromatic heterocycles. The van der Waals surface area contributed by atoms with Crippen molar-refractivity contribution in [2.45, 2.75) is 36.0 Å². The van der Waals surface area contributed by atoms with Gasteiger partial charge < -0.3 is 9.32 Å². The molecule has 4 heterocycles.